The zero-order chi connectivity index (χ0) is 16.3. The van der Waals surface area contributed by atoms with E-state index in [0.717, 1.165) is 12.2 Å². The van der Waals surface area contributed by atoms with E-state index >= 15 is 0 Å². The summed E-state index contributed by atoms with van der Waals surface area (Å²) in [7, 11) is 0. The maximum atomic E-state index is 11.5. The third-order valence-electron chi connectivity index (χ3n) is 4.09. The number of amides is 1. The van der Waals surface area contributed by atoms with Gasteiger partial charge in [0.25, 0.3) is 5.56 Å². The van der Waals surface area contributed by atoms with Gasteiger partial charge in [-0.1, -0.05) is 13.8 Å². The number of aliphatic hydroxyl groups excluding tert-OH is 1. The van der Waals surface area contributed by atoms with Gasteiger partial charge in [-0.25, -0.2) is 4.98 Å². The predicted molar refractivity (Wildman–Crippen MR) is 82.2 cm³/mol. The average molecular weight is 308 g/mol. The summed E-state index contributed by atoms with van der Waals surface area (Å²) >= 11 is 0. The summed E-state index contributed by atoms with van der Waals surface area (Å²) in [5.74, 6) is 0.997. The summed E-state index contributed by atoms with van der Waals surface area (Å²) in [6.07, 6.45) is 0. The molecule has 2 atom stereocenters. The molecule has 2 heterocycles. The van der Waals surface area contributed by atoms with E-state index in [-0.39, 0.29) is 17.5 Å². The van der Waals surface area contributed by atoms with Gasteiger partial charge < -0.3 is 15.4 Å². The number of aliphatic hydroxyl groups is 1. The molecule has 3 N–H and O–H groups in total. The van der Waals surface area contributed by atoms with Gasteiger partial charge in [0, 0.05) is 31.7 Å². The number of hydrogen-bond donors (Lipinski definition) is 3. The first-order valence-corrected chi connectivity index (χ1v) is 7.58. The van der Waals surface area contributed by atoms with Crippen molar-refractivity contribution in [2.24, 2.45) is 11.8 Å². The highest BCUT2D eigenvalue weighted by atomic mass is 16.3. The summed E-state index contributed by atoms with van der Waals surface area (Å²) in [6, 6.07) is 1.53. The molecule has 1 saturated heterocycles. The molecule has 1 aliphatic heterocycles. The van der Waals surface area contributed by atoms with Crippen LogP contribution in [0.15, 0.2) is 10.9 Å². The Balaban J connectivity index is 2.06. The Morgan fingerprint density at radius 3 is 2.86 bits per heavy atom. The van der Waals surface area contributed by atoms with Crippen LogP contribution in [-0.2, 0) is 11.3 Å². The lowest BCUT2D eigenvalue weighted by molar-refractivity contribution is -0.124. The van der Waals surface area contributed by atoms with Crippen LogP contribution in [0, 0.1) is 18.8 Å². The van der Waals surface area contributed by atoms with E-state index in [1.807, 2.05) is 0 Å². The van der Waals surface area contributed by atoms with Crippen LogP contribution in [0.4, 0.5) is 0 Å². The lowest BCUT2D eigenvalue weighted by Gasteiger charge is -2.22. The predicted octanol–water partition coefficient (Wildman–Crippen LogP) is -0.357. The number of rotatable bonds is 5. The van der Waals surface area contributed by atoms with E-state index in [0.29, 0.717) is 30.7 Å². The number of carbonyl (C=O) groups excluding carboxylic acids is 1. The Labute approximate surface area is 129 Å². The minimum Gasteiger partial charge on any atom is -0.387 e. The van der Waals surface area contributed by atoms with Gasteiger partial charge in [0.2, 0.25) is 5.91 Å². The molecule has 0 bridgehead atoms. The van der Waals surface area contributed by atoms with Crippen LogP contribution in [0.3, 0.4) is 0 Å². The zero-order valence-electron chi connectivity index (χ0n) is 13.3. The third kappa shape index (κ3) is 4.14. The quantitative estimate of drug-likeness (QED) is 0.690. The van der Waals surface area contributed by atoms with Crippen molar-refractivity contribution in [3.8, 4) is 0 Å². The Kier molecular flexibility index (Phi) is 5.31. The molecule has 1 aromatic heterocycles. The molecule has 0 saturated carbocycles. The van der Waals surface area contributed by atoms with Crippen molar-refractivity contribution in [3.63, 3.8) is 0 Å². The van der Waals surface area contributed by atoms with Gasteiger partial charge in [-0.3, -0.25) is 14.5 Å². The van der Waals surface area contributed by atoms with Crippen LogP contribution in [0.1, 0.15) is 25.4 Å². The van der Waals surface area contributed by atoms with E-state index < -0.39 is 6.61 Å². The minimum absolute atomic E-state index is 0.0164. The molecule has 0 spiro atoms. The van der Waals surface area contributed by atoms with Crippen molar-refractivity contribution < 1.29 is 9.90 Å². The minimum atomic E-state index is -0.490. The lowest BCUT2D eigenvalue weighted by Crippen LogP contribution is -2.43. The third-order valence-corrected chi connectivity index (χ3v) is 4.09. The summed E-state index contributed by atoms with van der Waals surface area (Å²) in [5, 5.41) is 11.8. The number of nitrogens with zero attached hydrogens (tertiary/aromatic N) is 2. The van der Waals surface area contributed by atoms with Gasteiger partial charge in [0.15, 0.2) is 0 Å². The maximum Gasteiger partial charge on any atom is 0.251 e. The number of aromatic nitrogens is 2. The van der Waals surface area contributed by atoms with Crippen molar-refractivity contribution in [1.29, 1.82) is 0 Å². The van der Waals surface area contributed by atoms with E-state index in [4.69, 9.17) is 5.11 Å². The number of aryl methyl sites for hydroxylation is 1. The second-order valence-electron chi connectivity index (χ2n) is 6.26. The second kappa shape index (κ2) is 7.02. The number of H-pyrrole nitrogens is 1. The molecule has 0 unspecified atom stereocenters. The first-order chi connectivity index (χ1) is 10.4. The highest BCUT2D eigenvalue weighted by molar-refractivity contribution is 5.77. The highest BCUT2D eigenvalue weighted by Gasteiger charge is 2.35. The SMILES string of the molecule is Cc1nc(CN2C[C@H](NC(=O)CO)[C@@H](C(C)C)C2)cc(=O)[nH]1. The molecule has 1 aromatic rings. The first-order valence-electron chi connectivity index (χ1n) is 7.58. The molecule has 0 aromatic carbocycles. The smallest absolute Gasteiger partial charge is 0.251 e. The monoisotopic (exact) mass is 308 g/mol. The normalized spacial score (nSPS) is 22.2. The molecule has 1 fully saturated rings. The van der Waals surface area contributed by atoms with Gasteiger partial charge in [0.05, 0.1) is 5.69 Å². The Morgan fingerprint density at radius 2 is 2.27 bits per heavy atom. The van der Waals surface area contributed by atoms with Gasteiger partial charge in [-0.2, -0.15) is 0 Å². The summed E-state index contributed by atoms with van der Waals surface area (Å²) in [5.41, 5.74) is 0.588. The van der Waals surface area contributed by atoms with Gasteiger partial charge in [0.1, 0.15) is 12.4 Å². The Hall–Kier alpha value is -1.73. The highest BCUT2D eigenvalue weighted by Crippen LogP contribution is 2.25. The standard InChI is InChI=1S/C15H24N4O3/c1-9(2)12-6-19(7-13(12)18-15(22)8-20)5-11-4-14(21)17-10(3)16-11/h4,9,12-13,20H,5-8H2,1-3H3,(H,18,22)(H,16,17,21)/t12-,13+/m1/s1. The molecule has 7 nitrogen and oxygen atoms in total. The van der Waals surface area contributed by atoms with Crippen molar-refractivity contribution in [2.45, 2.75) is 33.4 Å². The summed E-state index contributed by atoms with van der Waals surface area (Å²) < 4.78 is 0. The van der Waals surface area contributed by atoms with Crippen molar-refractivity contribution >= 4 is 5.91 Å². The number of likely N-dealkylation sites (tertiary alicyclic amines) is 1. The van der Waals surface area contributed by atoms with E-state index in [9.17, 15) is 9.59 Å². The fraction of sp³-hybridized carbons (Fsp3) is 0.667. The zero-order valence-corrected chi connectivity index (χ0v) is 13.3. The van der Waals surface area contributed by atoms with Crippen molar-refractivity contribution in [3.05, 3.63) is 27.9 Å². The van der Waals surface area contributed by atoms with Crippen LogP contribution in [0.2, 0.25) is 0 Å². The van der Waals surface area contributed by atoms with Gasteiger partial charge in [-0.05, 0) is 18.8 Å². The molecule has 1 aliphatic rings. The molecular formula is C15H24N4O3. The number of aromatic amines is 1. The number of nitrogens with one attached hydrogen (secondary N) is 2. The van der Waals surface area contributed by atoms with E-state index in [1.165, 1.54) is 6.07 Å². The molecule has 122 valence electrons. The first kappa shape index (κ1) is 16.6. The number of hydrogen-bond acceptors (Lipinski definition) is 5. The van der Waals surface area contributed by atoms with Crippen LogP contribution < -0.4 is 10.9 Å². The van der Waals surface area contributed by atoms with E-state index in [1.54, 1.807) is 6.92 Å². The average Bonchev–Trinajstić information content (AvgIpc) is 2.80. The fourth-order valence-electron chi connectivity index (χ4n) is 3.07. The largest absolute Gasteiger partial charge is 0.387 e. The summed E-state index contributed by atoms with van der Waals surface area (Å²) in [4.78, 5) is 32.1. The summed E-state index contributed by atoms with van der Waals surface area (Å²) in [6.45, 7) is 7.64. The van der Waals surface area contributed by atoms with Crippen LogP contribution in [0.5, 0.6) is 0 Å². The van der Waals surface area contributed by atoms with Crippen molar-refractivity contribution in [2.75, 3.05) is 19.7 Å². The van der Waals surface area contributed by atoms with Crippen molar-refractivity contribution in [1.82, 2.24) is 20.2 Å². The molecule has 22 heavy (non-hydrogen) atoms. The van der Waals surface area contributed by atoms with E-state index in [2.05, 4.69) is 34.0 Å². The molecular weight excluding hydrogens is 284 g/mol. The Morgan fingerprint density at radius 1 is 1.55 bits per heavy atom. The number of carbonyl (C=O) groups is 1. The van der Waals surface area contributed by atoms with Gasteiger partial charge >= 0.3 is 0 Å². The Bertz CT molecular complexity index is 584. The lowest BCUT2D eigenvalue weighted by atomic mass is 9.91. The van der Waals surface area contributed by atoms with Crippen LogP contribution in [0.25, 0.3) is 0 Å². The molecule has 1 amide bonds. The van der Waals surface area contributed by atoms with Gasteiger partial charge in [-0.15, -0.1) is 0 Å². The fourth-order valence-corrected chi connectivity index (χ4v) is 3.07. The maximum absolute atomic E-state index is 11.5. The molecule has 2 rings (SSSR count). The van der Waals surface area contributed by atoms with Crippen LogP contribution in [-0.4, -0.2) is 51.6 Å². The molecule has 7 heteroatoms. The topological polar surface area (TPSA) is 98.3 Å². The van der Waals surface area contributed by atoms with Crippen LogP contribution >= 0.6 is 0 Å². The second-order valence-corrected chi connectivity index (χ2v) is 6.26. The molecule has 0 aliphatic carbocycles. The molecule has 0 radical (unpaired) electrons.